The van der Waals surface area contributed by atoms with Crippen molar-refractivity contribution in [2.24, 2.45) is 0 Å². The summed E-state index contributed by atoms with van der Waals surface area (Å²) < 4.78 is 7.28. The summed E-state index contributed by atoms with van der Waals surface area (Å²) in [5.74, 6) is 0.203. The third-order valence-corrected chi connectivity index (χ3v) is 6.00. The van der Waals surface area contributed by atoms with Gasteiger partial charge in [0.1, 0.15) is 0 Å². The predicted octanol–water partition coefficient (Wildman–Crippen LogP) is 4.67. The number of H-pyrrole nitrogens is 1. The molecule has 0 unspecified atom stereocenters. The topological polar surface area (TPSA) is 77.0 Å². The number of nitrogens with zero attached hydrogens (tertiary/aromatic N) is 2. The van der Waals surface area contributed by atoms with E-state index in [1.807, 2.05) is 56.3 Å². The first-order valence-electron chi connectivity index (χ1n) is 10.4. The van der Waals surface area contributed by atoms with Gasteiger partial charge in [-0.1, -0.05) is 42.1 Å². The highest BCUT2D eigenvalue weighted by molar-refractivity contribution is 7.99. The summed E-state index contributed by atoms with van der Waals surface area (Å²) in [7, 11) is 0. The second kappa shape index (κ2) is 9.49. The summed E-state index contributed by atoms with van der Waals surface area (Å²) in [5, 5.41) is 2.05. The number of ether oxygens (including phenoxy) is 1. The highest BCUT2D eigenvalue weighted by atomic mass is 32.2. The van der Waals surface area contributed by atoms with Crippen molar-refractivity contribution in [3.63, 3.8) is 0 Å². The molecule has 6 nitrogen and oxygen atoms in total. The van der Waals surface area contributed by atoms with E-state index in [1.54, 1.807) is 16.8 Å². The monoisotopic (exact) mass is 435 g/mol. The number of thioether (sulfide) groups is 1. The first-order valence-corrected chi connectivity index (χ1v) is 11.4. The molecule has 31 heavy (non-hydrogen) atoms. The third kappa shape index (κ3) is 4.73. The number of fused-ring (bicyclic) bond motifs is 2. The lowest BCUT2D eigenvalue weighted by Crippen LogP contribution is -2.24. The number of rotatable bonds is 9. The molecule has 7 heteroatoms. The van der Waals surface area contributed by atoms with Gasteiger partial charge in [0.25, 0.3) is 5.56 Å². The summed E-state index contributed by atoms with van der Waals surface area (Å²) in [4.78, 5) is 33.8. The first kappa shape index (κ1) is 21.3. The van der Waals surface area contributed by atoms with E-state index in [0.717, 1.165) is 10.9 Å². The highest BCUT2D eigenvalue weighted by Gasteiger charge is 2.16. The number of ketones is 1. The summed E-state index contributed by atoms with van der Waals surface area (Å²) in [6, 6.07) is 15.0. The Kier molecular flexibility index (Phi) is 6.53. The standard InChI is InChI=1S/C24H25N3O3S/c1-16(2)30-13-7-12-27-23(29)18-9-4-6-11-21(18)26-24(27)31-15-22(28)19-14-25-20-10-5-3-8-17(19)20/h3-6,8-11,14,16,25H,7,12-13,15H2,1-2H3. The minimum atomic E-state index is -0.0859. The molecule has 0 atom stereocenters. The number of hydrogen-bond donors (Lipinski definition) is 1. The number of benzene rings is 2. The quantitative estimate of drug-likeness (QED) is 0.179. The van der Waals surface area contributed by atoms with Gasteiger partial charge in [0.05, 0.1) is 22.8 Å². The number of carbonyl (C=O) groups is 1. The molecule has 160 valence electrons. The lowest BCUT2D eigenvalue weighted by Gasteiger charge is -2.13. The van der Waals surface area contributed by atoms with E-state index in [0.29, 0.717) is 41.2 Å². The summed E-state index contributed by atoms with van der Waals surface area (Å²) in [6.45, 7) is 5.03. The predicted molar refractivity (Wildman–Crippen MR) is 125 cm³/mol. The molecule has 4 aromatic rings. The second-order valence-electron chi connectivity index (χ2n) is 7.60. The van der Waals surface area contributed by atoms with E-state index >= 15 is 0 Å². The fraction of sp³-hybridized carbons (Fsp3) is 0.292. The molecule has 0 saturated heterocycles. The van der Waals surface area contributed by atoms with Gasteiger partial charge in [-0.15, -0.1) is 0 Å². The van der Waals surface area contributed by atoms with Gasteiger partial charge in [-0.3, -0.25) is 14.2 Å². The van der Waals surface area contributed by atoms with Crippen LogP contribution in [0.2, 0.25) is 0 Å². The van der Waals surface area contributed by atoms with E-state index in [2.05, 4.69) is 4.98 Å². The number of aromatic amines is 1. The van der Waals surface area contributed by atoms with E-state index in [4.69, 9.17) is 9.72 Å². The molecular formula is C24H25N3O3S. The highest BCUT2D eigenvalue weighted by Crippen LogP contribution is 2.23. The van der Waals surface area contributed by atoms with Gasteiger partial charge in [0, 0.05) is 35.8 Å². The van der Waals surface area contributed by atoms with Gasteiger partial charge >= 0.3 is 0 Å². The molecule has 0 aliphatic heterocycles. The molecule has 2 aromatic heterocycles. The minimum Gasteiger partial charge on any atom is -0.379 e. The Morgan fingerprint density at radius 2 is 1.87 bits per heavy atom. The van der Waals surface area contributed by atoms with Crippen LogP contribution in [0.15, 0.2) is 64.7 Å². The molecule has 4 rings (SSSR count). The van der Waals surface area contributed by atoms with Crippen LogP contribution in [0.4, 0.5) is 0 Å². The average molecular weight is 436 g/mol. The first-order chi connectivity index (χ1) is 15.0. The zero-order chi connectivity index (χ0) is 21.8. The Labute approximate surface area is 184 Å². The zero-order valence-electron chi connectivity index (χ0n) is 17.6. The molecular weight excluding hydrogens is 410 g/mol. The van der Waals surface area contributed by atoms with E-state index in [-0.39, 0.29) is 23.2 Å². The maximum atomic E-state index is 13.1. The van der Waals surface area contributed by atoms with Crippen LogP contribution < -0.4 is 5.56 Å². The third-order valence-electron chi connectivity index (χ3n) is 5.03. The fourth-order valence-electron chi connectivity index (χ4n) is 3.51. The van der Waals surface area contributed by atoms with Crippen molar-refractivity contribution < 1.29 is 9.53 Å². The van der Waals surface area contributed by atoms with Crippen LogP contribution in [-0.4, -0.2) is 38.8 Å². The smallest absolute Gasteiger partial charge is 0.262 e. The van der Waals surface area contributed by atoms with E-state index in [1.165, 1.54) is 11.8 Å². The van der Waals surface area contributed by atoms with Crippen molar-refractivity contribution in [2.45, 2.75) is 38.1 Å². The van der Waals surface area contributed by atoms with Crippen molar-refractivity contribution in [2.75, 3.05) is 12.4 Å². The van der Waals surface area contributed by atoms with Crippen LogP contribution in [0.25, 0.3) is 21.8 Å². The summed E-state index contributed by atoms with van der Waals surface area (Å²) in [5.41, 5.74) is 2.14. The van der Waals surface area contributed by atoms with Crippen LogP contribution in [-0.2, 0) is 11.3 Å². The van der Waals surface area contributed by atoms with Gasteiger partial charge in [0.15, 0.2) is 10.9 Å². The normalized spacial score (nSPS) is 11.6. The Balaban J connectivity index is 1.58. The van der Waals surface area contributed by atoms with Crippen LogP contribution >= 0.6 is 11.8 Å². The van der Waals surface area contributed by atoms with Crippen molar-refractivity contribution in [3.05, 3.63) is 70.6 Å². The van der Waals surface area contributed by atoms with Gasteiger partial charge in [-0.25, -0.2) is 4.98 Å². The number of para-hydroxylation sites is 2. The van der Waals surface area contributed by atoms with E-state index in [9.17, 15) is 9.59 Å². The Bertz CT molecular complexity index is 1280. The molecule has 0 amide bonds. The van der Waals surface area contributed by atoms with Crippen LogP contribution in [0.5, 0.6) is 0 Å². The molecule has 0 fully saturated rings. The molecule has 2 heterocycles. The molecule has 0 bridgehead atoms. The molecule has 0 spiro atoms. The summed E-state index contributed by atoms with van der Waals surface area (Å²) >= 11 is 1.30. The largest absolute Gasteiger partial charge is 0.379 e. The number of hydrogen-bond acceptors (Lipinski definition) is 5. The average Bonchev–Trinajstić information content (AvgIpc) is 3.20. The maximum Gasteiger partial charge on any atom is 0.262 e. The number of Topliss-reactive ketones (excluding diaryl/α,β-unsaturated/α-hetero) is 1. The molecule has 0 saturated carbocycles. The SMILES string of the molecule is CC(C)OCCCn1c(SCC(=O)c2c[nH]c3ccccc23)nc2ccccc2c1=O. The zero-order valence-corrected chi connectivity index (χ0v) is 18.4. The molecule has 0 radical (unpaired) electrons. The van der Waals surface area contributed by atoms with Crippen molar-refractivity contribution in [3.8, 4) is 0 Å². The lowest BCUT2D eigenvalue weighted by atomic mass is 10.1. The van der Waals surface area contributed by atoms with Gasteiger partial charge < -0.3 is 9.72 Å². The van der Waals surface area contributed by atoms with Crippen LogP contribution in [0.1, 0.15) is 30.6 Å². The van der Waals surface area contributed by atoms with Crippen molar-refractivity contribution >= 4 is 39.4 Å². The number of nitrogens with one attached hydrogen (secondary N) is 1. The van der Waals surface area contributed by atoms with Crippen LogP contribution in [0.3, 0.4) is 0 Å². The molecule has 1 N–H and O–H groups in total. The molecule has 0 aliphatic carbocycles. The van der Waals surface area contributed by atoms with Gasteiger partial charge in [0.2, 0.25) is 0 Å². The second-order valence-corrected chi connectivity index (χ2v) is 8.54. The van der Waals surface area contributed by atoms with Crippen LogP contribution in [0, 0.1) is 0 Å². The number of carbonyl (C=O) groups excluding carboxylic acids is 1. The van der Waals surface area contributed by atoms with E-state index < -0.39 is 0 Å². The lowest BCUT2D eigenvalue weighted by molar-refractivity contribution is 0.0743. The maximum absolute atomic E-state index is 13.1. The fourth-order valence-corrected chi connectivity index (χ4v) is 4.42. The Morgan fingerprint density at radius 3 is 2.68 bits per heavy atom. The van der Waals surface area contributed by atoms with Gasteiger partial charge in [-0.2, -0.15) is 0 Å². The number of aromatic nitrogens is 3. The molecule has 2 aromatic carbocycles. The molecule has 0 aliphatic rings. The Morgan fingerprint density at radius 1 is 1.13 bits per heavy atom. The Hall–Kier alpha value is -2.90. The summed E-state index contributed by atoms with van der Waals surface area (Å²) in [6.07, 6.45) is 2.59. The van der Waals surface area contributed by atoms with Gasteiger partial charge in [-0.05, 0) is 38.5 Å². The van der Waals surface area contributed by atoms with Crippen molar-refractivity contribution in [1.29, 1.82) is 0 Å². The minimum absolute atomic E-state index is 0.000418. The van der Waals surface area contributed by atoms with Crippen molar-refractivity contribution in [1.82, 2.24) is 14.5 Å².